The van der Waals surface area contributed by atoms with E-state index in [-0.39, 0.29) is 19.6 Å². The summed E-state index contributed by atoms with van der Waals surface area (Å²) in [4.78, 5) is 13.1. The zero-order valence-corrected chi connectivity index (χ0v) is 45.1. The van der Waals surface area contributed by atoms with Gasteiger partial charge < -0.3 is 64.2 Å². The lowest BCUT2D eigenvalue weighted by Gasteiger charge is -2.42. The standard InChI is InChI=1S/C59H102O14/c1-3-5-7-9-11-13-15-17-19-21-22-23-24-25-26-27-28-30-32-34-36-38-40-42-51(61)71-48(45-68-43-41-39-37-35-33-31-29-20-18-16-14-12-10-8-6-4-2)46-69-58-57(67)55(65)53(63)50(73-58)47-70-59-56(66)54(64)52(62)49(44-60)72-59/h6,8,12,14,18,20-22,31,33,37,39,48-50,52-60,62-67H,3-5,7,9-11,13,15-17,19,23-30,32,34-36,38,40-47H2,1-2H3/b8-6-,14-12-,20-18-,22-21-,33-31-,39-37-. The number of aliphatic hydroxyl groups is 7. The molecule has 2 aliphatic heterocycles. The van der Waals surface area contributed by atoms with Gasteiger partial charge in [-0.05, 0) is 70.6 Å². The van der Waals surface area contributed by atoms with E-state index in [2.05, 4.69) is 80.7 Å². The highest BCUT2D eigenvalue weighted by Gasteiger charge is 2.47. The molecule has 0 aromatic rings. The molecule has 73 heavy (non-hydrogen) atoms. The second-order valence-electron chi connectivity index (χ2n) is 19.7. The van der Waals surface area contributed by atoms with Crippen LogP contribution in [0.25, 0.3) is 0 Å². The Hall–Kier alpha value is -2.57. The van der Waals surface area contributed by atoms with E-state index in [0.29, 0.717) is 19.4 Å². The number of aliphatic hydroxyl groups excluding tert-OH is 7. The van der Waals surface area contributed by atoms with E-state index in [1.54, 1.807) is 0 Å². The average Bonchev–Trinajstić information content (AvgIpc) is 3.39. The van der Waals surface area contributed by atoms with Crippen LogP contribution in [-0.4, -0.2) is 142 Å². The maximum Gasteiger partial charge on any atom is 0.306 e. The van der Waals surface area contributed by atoms with Crippen LogP contribution in [0.15, 0.2) is 72.9 Å². The van der Waals surface area contributed by atoms with Crippen molar-refractivity contribution in [3.8, 4) is 0 Å². The van der Waals surface area contributed by atoms with Crippen molar-refractivity contribution in [1.29, 1.82) is 0 Å². The molecule has 0 saturated carbocycles. The minimum absolute atomic E-state index is 0.00450. The lowest BCUT2D eigenvalue weighted by atomic mass is 9.98. The number of unbranched alkanes of at least 4 members (excludes halogenated alkanes) is 19. The number of rotatable bonds is 45. The molecule has 2 heterocycles. The Balaban J connectivity index is 1.74. The minimum Gasteiger partial charge on any atom is -0.457 e. The smallest absolute Gasteiger partial charge is 0.306 e. The number of ether oxygens (including phenoxy) is 6. The van der Waals surface area contributed by atoms with Crippen molar-refractivity contribution in [2.24, 2.45) is 0 Å². The van der Waals surface area contributed by atoms with Crippen molar-refractivity contribution in [2.75, 3.05) is 33.0 Å². The van der Waals surface area contributed by atoms with E-state index < -0.39 is 86.7 Å². The molecule has 0 bridgehead atoms. The summed E-state index contributed by atoms with van der Waals surface area (Å²) >= 11 is 0. The summed E-state index contributed by atoms with van der Waals surface area (Å²) in [7, 11) is 0. The molecule has 0 spiro atoms. The van der Waals surface area contributed by atoms with E-state index in [9.17, 15) is 40.5 Å². The highest BCUT2D eigenvalue weighted by molar-refractivity contribution is 5.69. The summed E-state index contributed by atoms with van der Waals surface area (Å²) in [5.41, 5.74) is 0. The molecule has 11 atom stereocenters. The van der Waals surface area contributed by atoms with Crippen molar-refractivity contribution in [3.63, 3.8) is 0 Å². The Morgan fingerprint density at radius 2 is 0.890 bits per heavy atom. The summed E-state index contributed by atoms with van der Waals surface area (Å²) < 4.78 is 34.2. The van der Waals surface area contributed by atoms with Crippen LogP contribution in [0.1, 0.15) is 194 Å². The molecule has 2 saturated heterocycles. The third kappa shape index (κ3) is 32.6. The second kappa shape index (κ2) is 45.6. The van der Waals surface area contributed by atoms with Crippen LogP contribution in [-0.2, 0) is 33.2 Å². The molecule has 11 unspecified atom stereocenters. The molecule has 422 valence electrons. The third-order valence-electron chi connectivity index (χ3n) is 13.2. The summed E-state index contributed by atoms with van der Waals surface area (Å²) in [5.74, 6) is -0.402. The van der Waals surface area contributed by atoms with Crippen LogP contribution in [0.3, 0.4) is 0 Å². The van der Waals surface area contributed by atoms with Gasteiger partial charge in [0.2, 0.25) is 0 Å². The second-order valence-corrected chi connectivity index (χ2v) is 19.7. The number of hydrogen-bond donors (Lipinski definition) is 7. The Morgan fingerprint density at radius 1 is 0.466 bits per heavy atom. The zero-order chi connectivity index (χ0) is 53.0. The fourth-order valence-corrected chi connectivity index (χ4v) is 8.64. The van der Waals surface area contributed by atoms with Crippen LogP contribution in [0, 0.1) is 0 Å². The molecule has 0 aromatic carbocycles. The van der Waals surface area contributed by atoms with Crippen molar-refractivity contribution in [2.45, 2.75) is 261 Å². The van der Waals surface area contributed by atoms with Gasteiger partial charge >= 0.3 is 5.97 Å². The van der Waals surface area contributed by atoms with Crippen LogP contribution in [0.2, 0.25) is 0 Å². The zero-order valence-electron chi connectivity index (χ0n) is 45.1. The molecule has 14 heteroatoms. The van der Waals surface area contributed by atoms with E-state index in [1.807, 2.05) is 6.08 Å². The van der Waals surface area contributed by atoms with Crippen molar-refractivity contribution < 1.29 is 69.0 Å². The first-order chi connectivity index (χ1) is 35.6. The Labute approximate surface area is 440 Å². The van der Waals surface area contributed by atoms with Gasteiger partial charge in [0, 0.05) is 6.42 Å². The van der Waals surface area contributed by atoms with E-state index >= 15 is 0 Å². The molecular formula is C59H102O14. The molecule has 2 aliphatic rings. The predicted octanol–water partition coefficient (Wildman–Crippen LogP) is 9.86. The van der Waals surface area contributed by atoms with Gasteiger partial charge in [0.25, 0.3) is 0 Å². The molecule has 0 radical (unpaired) electrons. The Kier molecular flexibility index (Phi) is 41.6. The first-order valence-electron chi connectivity index (χ1n) is 28.5. The molecule has 0 aromatic heterocycles. The van der Waals surface area contributed by atoms with Gasteiger partial charge in [-0.15, -0.1) is 0 Å². The van der Waals surface area contributed by atoms with Gasteiger partial charge in [-0.3, -0.25) is 4.79 Å². The van der Waals surface area contributed by atoms with Gasteiger partial charge in [-0.2, -0.15) is 0 Å². The van der Waals surface area contributed by atoms with Gasteiger partial charge in [-0.1, -0.05) is 189 Å². The molecule has 14 nitrogen and oxygen atoms in total. The molecule has 0 amide bonds. The fraction of sp³-hybridized carbons (Fsp3) is 0.780. The number of carbonyl (C=O) groups excluding carboxylic acids is 1. The highest BCUT2D eigenvalue weighted by atomic mass is 16.7. The number of esters is 1. The van der Waals surface area contributed by atoms with E-state index in [0.717, 1.165) is 51.4 Å². The molecule has 7 N–H and O–H groups in total. The molecule has 2 fully saturated rings. The Bertz CT molecular complexity index is 1480. The van der Waals surface area contributed by atoms with Gasteiger partial charge in [0.05, 0.1) is 33.0 Å². The van der Waals surface area contributed by atoms with Crippen LogP contribution < -0.4 is 0 Å². The third-order valence-corrected chi connectivity index (χ3v) is 13.2. The number of allylic oxidation sites excluding steroid dienone is 11. The normalized spacial score (nSPS) is 25.5. The number of carbonyl (C=O) groups is 1. The number of hydrogen-bond acceptors (Lipinski definition) is 14. The maximum absolute atomic E-state index is 13.1. The van der Waals surface area contributed by atoms with E-state index in [4.69, 9.17) is 28.4 Å². The van der Waals surface area contributed by atoms with Gasteiger partial charge in [-0.25, -0.2) is 0 Å². The first kappa shape index (κ1) is 66.5. The predicted molar refractivity (Wildman–Crippen MR) is 289 cm³/mol. The lowest BCUT2D eigenvalue weighted by molar-refractivity contribution is -0.332. The average molecular weight is 1040 g/mol. The van der Waals surface area contributed by atoms with Crippen LogP contribution in [0.4, 0.5) is 0 Å². The summed E-state index contributed by atoms with van der Waals surface area (Å²) in [5, 5.41) is 72.3. The topological polar surface area (TPSA) is 214 Å². The minimum atomic E-state index is -1.72. The van der Waals surface area contributed by atoms with Gasteiger partial charge in [0.15, 0.2) is 12.6 Å². The van der Waals surface area contributed by atoms with Crippen molar-refractivity contribution in [1.82, 2.24) is 0 Å². The maximum atomic E-state index is 13.1. The molecule has 0 aliphatic carbocycles. The SMILES string of the molecule is CC/C=C\C/C=C\C/C=C\C/C=C\C/C=C\CCOCC(COC1OC(COC2OC(CO)C(O)C(O)C2O)C(O)C(O)C1O)OC(=O)CCCCCCCCCCCCC/C=C\CCCCCCCCCC. The summed E-state index contributed by atoms with van der Waals surface area (Å²) in [6, 6.07) is 0. The highest BCUT2D eigenvalue weighted by Crippen LogP contribution is 2.26. The summed E-state index contributed by atoms with van der Waals surface area (Å²) in [6.45, 7) is 3.35. The fourth-order valence-electron chi connectivity index (χ4n) is 8.64. The van der Waals surface area contributed by atoms with E-state index in [1.165, 1.54) is 109 Å². The van der Waals surface area contributed by atoms with Crippen molar-refractivity contribution >= 4 is 5.97 Å². The first-order valence-corrected chi connectivity index (χ1v) is 28.5. The van der Waals surface area contributed by atoms with Crippen LogP contribution in [0.5, 0.6) is 0 Å². The van der Waals surface area contributed by atoms with Crippen LogP contribution >= 0.6 is 0 Å². The lowest BCUT2D eigenvalue weighted by Crippen LogP contribution is -2.61. The quantitative estimate of drug-likeness (QED) is 0.0172. The monoisotopic (exact) mass is 1030 g/mol. The summed E-state index contributed by atoms with van der Waals surface area (Å²) in [6.07, 6.45) is 41.3. The van der Waals surface area contributed by atoms with Crippen molar-refractivity contribution in [3.05, 3.63) is 72.9 Å². The Morgan fingerprint density at radius 3 is 1.40 bits per heavy atom. The van der Waals surface area contributed by atoms with Gasteiger partial charge in [0.1, 0.15) is 54.9 Å². The molecule has 2 rings (SSSR count). The largest absolute Gasteiger partial charge is 0.457 e. The molecular weight excluding hydrogens is 933 g/mol.